The van der Waals surface area contributed by atoms with Crippen molar-refractivity contribution in [2.24, 2.45) is 5.92 Å². The van der Waals surface area contributed by atoms with Crippen LogP contribution in [0.4, 0.5) is 11.4 Å². The number of rotatable bonds is 2. The zero-order valence-electron chi connectivity index (χ0n) is 10.2. The molecule has 18 heavy (non-hydrogen) atoms. The predicted molar refractivity (Wildman–Crippen MR) is 68.5 cm³/mol. The molecule has 0 bridgehead atoms. The lowest BCUT2D eigenvalue weighted by atomic mass is 10.0. The molecule has 1 saturated heterocycles. The van der Waals surface area contributed by atoms with Gasteiger partial charge in [0.25, 0.3) is 0 Å². The van der Waals surface area contributed by atoms with Gasteiger partial charge in [0.15, 0.2) is 0 Å². The predicted octanol–water partition coefficient (Wildman–Crippen LogP) is 0.363. The highest BCUT2D eigenvalue weighted by Crippen LogP contribution is 2.28. The average molecular weight is 245 g/mol. The van der Waals surface area contributed by atoms with E-state index in [2.05, 4.69) is 10.6 Å². The standard InChI is InChI=1S/C13H15N3O2/c1-16(13(18)9-6-14-7-9)10-2-3-11-8(4-10)5-12(17)15-11/h2-4,9,14H,5-7H2,1H3,(H,15,17). The van der Waals surface area contributed by atoms with Gasteiger partial charge < -0.3 is 15.5 Å². The largest absolute Gasteiger partial charge is 0.326 e. The van der Waals surface area contributed by atoms with Crippen molar-refractivity contribution in [3.63, 3.8) is 0 Å². The lowest BCUT2D eigenvalue weighted by Gasteiger charge is -2.30. The van der Waals surface area contributed by atoms with Crippen LogP contribution < -0.4 is 15.5 Å². The molecule has 2 amide bonds. The molecule has 2 aliphatic heterocycles. The fourth-order valence-electron chi connectivity index (χ4n) is 2.29. The third-order valence-corrected chi connectivity index (χ3v) is 3.56. The van der Waals surface area contributed by atoms with Crippen LogP contribution in [0.3, 0.4) is 0 Å². The van der Waals surface area contributed by atoms with Gasteiger partial charge in [-0.05, 0) is 23.8 Å². The SMILES string of the molecule is CN(C(=O)C1CNC1)c1ccc2c(c1)CC(=O)N2. The number of fused-ring (bicyclic) bond motifs is 1. The van der Waals surface area contributed by atoms with Gasteiger partial charge in [0.05, 0.1) is 12.3 Å². The normalized spacial score (nSPS) is 17.9. The summed E-state index contributed by atoms with van der Waals surface area (Å²) in [6, 6.07) is 5.64. The van der Waals surface area contributed by atoms with Gasteiger partial charge in [-0.25, -0.2) is 0 Å². The van der Waals surface area contributed by atoms with Gasteiger partial charge in [0.1, 0.15) is 0 Å². The summed E-state index contributed by atoms with van der Waals surface area (Å²) in [4.78, 5) is 25.0. The molecule has 0 unspecified atom stereocenters. The van der Waals surface area contributed by atoms with Gasteiger partial charge in [-0.3, -0.25) is 9.59 Å². The molecule has 1 fully saturated rings. The van der Waals surface area contributed by atoms with Crippen molar-refractivity contribution < 1.29 is 9.59 Å². The third kappa shape index (κ3) is 1.76. The van der Waals surface area contributed by atoms with Crippen LogP contribution in [0.2, 0.25) is 0 Å². The Balaban J connectivity index is 1.82. The van der Waals surface area contributed by atoms with E-state index in [1.165, 1.54) is 0 Å². The molecule has 0 aromatic heterocycles. The molecular formula is C13H15N3O2. The molecule has 0 aliphatic carbocycles. The summed E-state index contributed by atoms with van der Waals surface area (Å²) in [6.45, 7) is 1.52. The van der Waals surface area contributed by atoms with Crippen LogP contribution in [0.1, 0.15) is 5.56 Å². The van der Waals surface area contributed by atoms with E-state index in [0.717, 1.165) is 30.0 Å². The van der Waals surface area contributed by atoms with Crippen molar-refractivity contribution >= 4 is 23.2 Å². The maximum Gasteiger partial charge on any atom is 0.232 e. The van der Waals surface area contributed by atoms with Crippen molar-refractivity contribution in [3.05, 3.63) is 23.8 Å². The highest BCUT2D eigenvalue weighted by Gasteiger charge is 2.28. The molecule has 3 rings (SSSR count). The lowest BCUT2D eigenvalue weighted by molar-refractivity contribution is -0.123. The molecule has 5 heteroatoms. The van der Waals surface area contributed by atoms with Crippen molar-refractivity contribution in [1.29, 1.82) is 0 Å². The zero-order chi connectivity index (χ0) is 12.7. The molecule has 2 N–H and O–H groups in total. The Morgan fingerprint density at radius 3 is 2.83 bits per heavy atom. The fraction of sp³-hybridized carbons (Fsp3) is 0.385. The molecule has 0 atom stereocenters. The van der Waals surface area contributed by atoms with Gasteiger partial charge in [0.2, 0.25) is 11.8 Å². The third-order valence-electron chi connectivity index (χ3n) is 3.56. The Labute approximate surface area is 105 Å². The minimum absolute atomic E-state index is 0.0133. The zero-order valence-corrected chi connectivity index (χ0v) is 10.2. The minimum atomic E-state index is 0.0133. The summed E-state index contributed by atoms with van der Waals surface area (Å²) >= 11 is 0. The van der Waals surface area contributed by atoms with Crippen LogP contribution in [0.5, 0.6) is 0 Å². The summed E-state index contributed by atoms with van der Waals surface area (Å²) in [7, 11) is 1.78. The molecule has 0 saturated carbocycles. The van der Waals surface area contributed by atoms with E-state index in [0.29, 0.717) is 6.42 Å². The van der Waals surface area contributed by atoms with E-state index in [4.69, 9.17) is 0 Å². The Bertz CT molecular complexity index is 523. The summed E-state index contributed by atoms with van der Waals surface area (Å²) < 4.78 is 0. The number of amides is 2. The van der Waals surface area contributed by atoms with E-state index in [-0.39, 0.29) is 17.7 Å². The molecule has 0 spiro atoms. The minimum Gasteiger partial charge on any atom is -0.326 e. The number of anilines is 2. The van der Waals surface area contributed by atoms with Crippen LogP contribution in [0, 0.1) is 5.92 Å². The first kappa shape index (κ1) is 11.2. The Morgan fingerprint density at radius 1 is 1.39 bits per heavy atom. The van der Waals surface area contributed by atoms with Crippen LogP contribution >= 0.6 is 0 Å². The lowest BCUT2D eigenvalue weighted by Crippen LogP contribution is -2.51. The summed E-state index contributed by atoms with van der Waals surface area (Å²) in [5.41, 5.74) is 2.67. The second-order valence-electron chi connectivity index (χ2n) is 4.82. The van der Waals surface area contributed by atoms with Crippen molar-refractivity contribution in [1.82, 2.24) is 5.32 Å². The number of carbonyl (C=O) groups excluding carboxylic acids is 2. The molecule has 1 aromatic carbocycles. The molecule has 1 aromatic rings. The number of carbonyl (C=O) groups is 2. The fourth-order valence-corrected chi connectivity index (χ4v) is 2.29. The van der Waals surface area contributed by atoms with Crippen LogP contribution in [0.25, 0.3) is 0 Å². The van der Waals surface area contributed by atoms with Crippen molar-refractivity contribution in [3.8, 4) is 0 Å². The Morgan fingerprint density at radius 2 is 2.17 bits per heavy atom. The molecule has 94 valence electrons. The van der Waals surface area contributed by atoms with Gasteiger partial charge in [-0.2, -0.15) is 0 Å². The van der Waals surface area contributed by atoms with Crippen molar-refractivity contribution in [2.75, 3.05) is 30.4 Å². The van der Waals surface area contributed by atoms with Crippen LogP contribution in [-0.2, 0) is 16.0 Å². The second kappa shape index (κ2) is 4.10. The molecule has 2 heterocycles. The number of benzene rings is 1. The first-order chi connectivity index (χ1) is 8.65. The average Bonchev–Trinajstić information content (AvgIpc) is 2.64. The monoisotopic (exact) mass is 245 g/mol. The van der Waals surface area contributed by atoms with Gasteiger partial charge in [-0.15, -0.1) is 0 Å². The van der Waals surface area contributed by atoms with E-state index in [1.54, 1.807) is 11.9 Å². The summed E-state index contributed by atoms with van der Waals surface area (Å²) in [5.74, 6) is 0.230. The van der Waals surface area contributed by atoms with E-state index in [1.807, 2.05) is 18.2 Å². The first-order valence-corrected chi connectivity index (χ1v) is 6.06. The van der Waals surface area contributed by atoms with Crippen LogP contribution in [0.15, 0.2) is 18.2 Å². The Kier molecular flexibility index (Phi) is 2.56. The Hall–Kier alpha value is -1.88. The van der Waals surface area contributed by atoms with E-state index in [9.17, 15) is 9.59 Å². The number of hydrogen-bond donors (Lipinski definition) is 2. The summed E-state index contributed by atoms with van der Waals surface area (Å²) in [6.07, 6.45) is 0.399. The van der Waals surface area contributed by atoms with E-state index < -0.39 is 0 Å². The highest BCUT2D eigenvalue weighted by atomic mass is 16.2. The second-order valence-corrected chi connectivity index (χ2v) is 4.82. The molecule has 5 nitrogen and oxygen atoms in total. The topological polar surface area (TPSA) is 61.4 Å². The van der Waals surface area contributed by atoms with Gasteiger partial charge in [0, 0.05) is 31.5 Å². The van der Waals surface area contributed by atoms with E-state index >= 15 is 0 Å². The maximum atomic E-state index is 12.1. The highest BCUT2D eigenvalue weighted by molar-refractivity contribution is 6.01. The quantitative estimate of drug-likeness (QED) is 0.791. The number of nitrogens with one attached hydrogen (secondary N) is 2. The van der Waals surface area contributed by atoms with Gasteiger partial charge >= 0.3 is 0 Å². The smallest absolute Gasteiger partial charge is 0.232 e. The molecular weight excluding hydrogens is 230 g/mol. The number of hydrogen-bond acceptors (Lipinski definition) is 3. The maximum absolute atomic E-state index is 12.1. The van der Waals surface area contributed by atoms with Crippen molar-refractivity contribution in [2.45, 2.75) is 6.42 Å². The first-order valence-electron chi connectivity index (χ1n) is 6.06. The van der Waals surface area contributed by atoms with Crippen LogP contribution in [-0.4, -0.2) is 32.0 Å². The number of nitrogens with zero attached hydrogens (tertiary/aromatic N) is 1. The van der Waals surface area contributed by atoms with Gasteiger partial charge in [-0.1, -0.05) is 0 Å². The summed E-state index contributed by atoms with van der Waals surface area (Å²) in [5, 5.41) is 5.88. The molecule has 0 radical (unpaired) electrons. The molecule has 2 aliphatic rings.